The summed E-state index contributed by atoms with van der Waals surface area (Å²) in [5.74, 6) is 0.473. The van der Waals surface area contributed by atoms with Crippen LogP contribution in [-0.4, -0.2) is 41.5 Å². The minimum atomic E-state index is -3.90. The van der Waals surface area contributed by atoms with E-state index in [0.717, 1.165) is 24.8 Å². The van der Waals surface area contributed by atoms with Crippen LogP contribution in [0.5, 0.6) is 0 Å². The molecular weight excluding hydrogens is 448 g/mol. The summed E-state index contributed by atoms with van der Waals surface area (Å²) >= 11 is 5.97. The molecule has 0 aliphatic heterocycles. The Kier molecular flexibility index (Phi) is 8.11. The van der Waals surface area contributed by atoms with Crippen molar-refractivity contribution in [3.8, 4) is 0 Å². The van der Waals surface area contributed by atoms with Gasteiger partial charge in [0.05, 0.1) is 23.2 Å². The first-order chi connectivity index (χ1) is 15.3. The van der Waals surface area contributed by atoms with Crippen LogP contribution in [0, 0.1) is 0 Å². The van der Waals surface area contributed by atoms with E-state index in [4.69, 9.17) is 16.0 Å². The second-order valence-electron chi connectivity index (χ2n) is 7.98. The smallest absolute Gasteiger partial charge is 0.243 e. The summed E-state index contributed by atoms with van der Waals surface area (Å²) in [7, 11) is -3.90. The maximum Gasteiger partial charge on any atom is 0.243 e. The maximum atomic E-state index is 13.7. The monoisotopic (exact) mass is 476 g/mol. The van der Waals surface area contributed by atoms with Crippen LogP contribution in [0.2, 0.25) is 5.02 Å². The van der Waals surface area contributed by atoms with E-state index in [1.54, 1.807) is 30.5 Å². The summed E-state index contributed by atoms with van der Waals surface area (Å²) in [5.41, 5.74) is 0.490. The van der Waals surface area contributed by atoms with E-state index in [1.807, 2.05) is 13.0 Å². The van der Waals surface area contributed by atoms with Crippen molar-refractivity contribution in [3.63, 3.8) is 0 Å². The van der Waals surface area contributed by atoms with E-state index in [1.165, 1.54) is 22.7 Å². The quantitative estimate of drug-likeness (QED) is 0.501. The van der Waals surface area contributed by atoms with Gasteiger partial charge in [0.1, 0.15) is 6.26 Å². The molecule has 2 aromatic rings. The first-order valence-electron chi connectivity index (χ1n) is 10.6. The minimum Gasteiger partial charge on any atom is -0.445 e. The minimum absolute atomic E-state index is 0.0601. The predicted molar refractivity (Wildman–Crippen MR) is 127 cm³/mol. The molecule has 0 atom stereocenters. The predicted octanol–water partition coefficient (Wildman–Crippen LogP) is 5.23. The summed E-state index contributed by atoms with van der Waals surface area (Å²) in [5, 5.41) is 10.8. The third-order valence-electron chi connectivity index (χ3n) is 5.84. The molecule has 1 aromatic carbocycles. The van der Waals surface area contributed by atoms with E-state index >= 15 is 0 Å². The number of aliphatic hydroxyl groups excluding tert-OH is 1. The lowest BCUT2D eigenvalue weighted by atomic mass is 9.82. The second-order valence-corrected chi connectivity index (χ2v) is 10.3. The van der Waals surface area contributed by atoms with Gasteiger partial charge < -0.3 is 9.52 Å². The van der Waals surface area contributed by atoms with Crippen molar-refractivity contribution >= 4 is 27.2 Å². The molecule has 1 aliphatic carbocycles. The van der Waals surface area contributed by atoms with Gasteiger partial charge in [-0.05, 0) is 55.7 Å². The highest BCUT2D eigenvalue weighted by Crippen LogP contribution is 2.38. The fraction of sp³-hybridized carbons (Fsp3) is 0.375. The van der Waals surface area contributed by atoms with Gasteiger partial charge in [-0.1, -0.05) is 49.6 Å². The molecule has 1 aromatic heterocycles. The number of halogens is 1. The Bertz CT molecular complexity index is 1070. The van der Waals surface area contributed by atoms with Crippen molar-refractivity contribution in [2.45, 2.75) is 49.5 Å². The van der Waals surface area contributed by atoms with Crippen LogP contribution in [0.1, 0.15) is 44.9 Å². The number of aliphatic hydroxyl groups is 1. The molecule has 32 heavy (non-hydrogen) atoms. The largest absolute Gasteiger partial charge is 0.445 e. The van der Waals surface area contributed by atoms with E-state index in [2.05, 4.69) is 11.6 Å². The Balaban J connectivity index is 1.93. The third kappa shape index (κ3) is 5.41. The van der Waals surface area contributed by atoms with Crippen LogP contribution in [0.3, 0.4) is 0 Å². The highest BCUT2D eigenvalue weighted by molar-refractivity contribution is 7.89. The highest BCUT2D eigenvalue weighted by Gasteiger charge is 2.44. The summed E-state index contributed by atoms with van der Waals surface area (Å²) in [6, 6.07) is 6.11. The molecule has 0 spiro atoms. The molecule has 1 heterocycles. The molecule has 1 saturated carbocycles. The number of benzene rings is 1. The standard InChI is InChI=1S/C24H29ClN2O4S/c1-3-20(23-26-15-16-31-23)8-7-19(2)17-27(24(18-28)13-5-4-6-14-24)32(29,30)22-11-9-21(25)10-12-22/h3,7-12,15-16,28H,2,4-6,13-14,17-18H2,1H3. The summed E-state index contributed by atoms with van der Waals surface area (Å²) in [4.78, 5) is 4.29. The molecule has 3 rings (SSSR count). The van der Waals surface area contributed by atoms with Gasteiger partial charge in [0.25, 0.3) is 0 Å². The molecule has 0 unspecified atom stereocenters. The lowest BCUT2D eigenvalue weighted by Gasteiger charge is -2.44. The zero-order chi connectivity index (χ0) is 23.2. The number of rotatable bonds is 9. The van der Waals surface area contributed by atoms with E-state index in [0.29, 0.717) is 29.3 Å². The van der Waals surface area contributed by atoms with Crippen LogP contribution in [0.25, 0.3) is 5.57 Å². The average molecular weight is 477 g/mol. The molecule has 8 heteroatoms. The maximum absolute atomic E-state index is 13.7. The van der Waals surface area contributed by atoms with Gasteiger partial charge in [-0.25, -0.2) is 13.4 Å². The third-order valence-corrected chi connectivity index (χ3v) is 8.06. The first kappa shape index (κ1) is 24.5. The molecule has 0 saturated heterocycles. The Hall–Kier alpha value is -2.19. The fourth-order valence-corrected chi connectivity index (χ4v) is 5.99. The number of allylic oxidation sites excluding steroid dienone is 3. The van der Waals surface area contributed by atoms with E-state index in [9.17, 15) is 13.5 Å². The second kappa shape index (κ2) is 10.6. The number of hydrogen-bond donors (Lipinski definition) is 1. The van der Waals surface area contributed by atoms with Gasteiger partial charge in [0.2, 0.25) is 15.9 Å². The van der Waals surface area contributed by atoms with E-state index < -0.39 is 15.6 Å². The van der Waals surface area contributed by atoms with Gasteiger partial charge >= 0.3 is 0 Å². The molecule has 0 bridgehead atoms. The molecule has 0 radical (unpaired) electrons. The summed E-state index contributed by atoms with van der Waals surface area (Å²) in [6.07, 6.45) is 12.4. The molecule has 172 valence electrons. The van der Waals surface area contributed by atoms with Crippen LogP contribution in [-0.2, 0) is 10.0 Å². The number of oxazole rings is 1. The highest BCUT2D eigenvalue weighted by atomic mass is 35.5. The van der Waals surface area contributed by atoms with Gasteiger partial charge in [-0.15, -0.1) is 0 Å². The molecule has 6 nitrogen and oxygen atoms in total. The number of sulfonamides is 1. The lowest BCUT2D eigenvalue weighted by Crippen LogP contribution is -2.55. The topological polar surface area (TPSA) is 83.6 Å². The van der Waals surface area contributed by atoms with Gasteiger partial charge in [-0.3, -0.25) is 0 Å². The Morgan fingerprint density at radius 2 is 1.94 bits per heavy atom. The van der Waals surface area contributed by atoms with Crippen LogP contribution in [0.15, 0.2) is 76.4 Å². The first-order valence-corrected chi connectivity index (χ1v) is 12.5. The van der Waals surface area contributed by atoms with E-state index in [-0.39, 0.29) is 18.0 Å². The van der Waals surface area contributed by atoms with Crippen molar-refractivity contribution in [3.05, 3.63) is 78.0 Å². The van der Waals surface area contributed by atoms with Crippen LogP contribution < -0.4 is 0 Å². The van der Waals surface area contributed by atoms with Crippen molar-refractivity contribution in [2.75, 3.05) is 13.2 Å². The number of hydrogen-bond acceptors (Lipinski definition) is 5. The number of nitrogens with zero attached hydrogens (tertiary/aromatic N) is 2. The molecule has 0 amide bonds. The molecule has 1 fully saturated rings. The van der Waals surface area contributed by atoms with Crippen LogP contribution in [0.4, 0.5) is 0 Å². The summed E-state index contributed by atoms with van der Waals surface area (Å²) < 4.78 is 34.2. The van der Waals surface area contributed by atoms with Crippen molar-refractivity contribution in [2.24, 2.45) is 0 Å². The van der Waals surface area contributed by atoms with Gasteiger partial charge in [0, 0.05) is 17.1 Å². The molecular formula is C24H29ClN2O4S. The van der Waals surface area contributed by atoms with Crippen molar-refractivity contribution < 1.29 is 17.9 Å². The van der Waals surface area contributed by atoms with Crippen molar-refractivity contribution in [1.82, 2.24) is 9.29 Å². The normalized spacial score (nSPS) is 17.2. The Labute approximate surface area is 195 Å². The fourth-order valence-electron chi connectivity index (χ4n) is 4.04. The van der Waals surface area contributed by atoms with Gasteiger partial charge in [-0.2, -0.15) is 4.31 Å². The number of aromatic nitrogens is 1. The zero-order valence-corrected chi connectivity index (χ0v) is 19.8. The molecule has 1 aliphatic rings. The average Bonchev–Trinajstić information content (AvgIpc) is 3.33. The Morgan fingerprint density at radius 1 is 1.25 bits per heavy atom. The zero-order valence-electron chi connectivity index (χ0n) is 18.2. The molecule has 1 N–H and O–H groups in total. The van der Waals surface area contributed by atoms with Gasteiger partial charge in [0.15, 0.2) is 0 Å². The lowest BCUT2D eigenvalue weighted by molar-refractivity contribution is 0.0612. The SMILES string of the molecule is C=C(C=CC(=CC)c1ncco1)CN(C1(CO)CCCCC1)S(=O)(=O)c1ccc(Cl)cc1. The Morgan fingerprint density at radius 3 is 2.50 bits per heavy atom. The van der Waals surface area contributed by atoms with Crippen molar-refractivity contribution in [1.29, 1.82) is 0 Å². The van der Waals surface area contributed by atoms with Crippen LogP contribution >= 0.6 is 11.6 Å². The summed E-state index contributed by atoms with van der Waals surface area (Å²) in [6.45, 7) is 5.77.